The van der Waals surface area contributed by atoms with Gasteiger partial charge in [-0.2, -0.15) is 4.31 Å². The minimum Gasteiger partial charge on any atom is -0.381 e. The number of nitrogens with zero attached hydrogens (tertiary/aromatic N) is 2. The Bertz CT molecular complexity index is 841. The summed E-state index contributed by atoms with van der Waals surface area (Å²) in [6.45, 7) is 2.63. The first-order chi connectivity index (χ1) is 12.0. The quantitative estimate of drug-likeness (QED) is 0.808. The van der Waals surface area contributed by atoms with Crippen molar-refractivity contribution in [3.8, 4) is 10.6 Å². The van der Waals surface area contributed by atoms with Crippen LogP contribution in [0.2, 0.25) is 0 Å². The highest BCUT2D eigenvalue weighted by Crippen LogP contribution is 2.30. The summed E-state index contributed by atoms with van der Waals surface area (Å²) in [5.41, 5.74) is 7.58. The number of aromatic nitrogens is 1. The number of ether oxygens (including phenoxy) is 1. The molecule has 1 aliphatic rings. The Labute approximate surface area is 164 Å². The number of benzene rings is 1. The Morgan fingerprint density at radius 1 is 1.42 bits per heavy atom. The number of hydrogen-bond donors (Lipinski definition) is 1. The van der Waals surface area contributed by atoms with Gasteiger partial charge >= 0.3 is 0 Å². The smallest absolute Gasteiger partial charge is 0.243 e. The maximum absolute atomic E-state index is 13.2. The Balaban J connectivity index is 0.00000243. The first kappa shape index (κ1) is 21.3. The number of piperidine rings is 1. The largest absolute Gasteiger partial charge is 0.381 e. The number of halogens is 1. The maximum Gasteiger partial charge on any atom is 0.243 e. The lowest BCUT2D eigenvalue weighted by atomic mass is 10.0. The number of sulfonamides is 1. The van der Waals surface area contributed by atoms with Gasteiger partial charge in [-0.25, -0.2) is 13.4 Å². The van der Waals surface area contributed by atoms with E-state index >= 15 is 0 Å². The molecule has 1 fully saturated rings. The van der Waals surface area contributed by atoms with Crippen LogP contribution in [0.3, 0.4) is 0 Å². The van der Waals surface area contributed by atoms with E-state index in [0.717, 1.165) is 16.3 Å². The third kappa shape index (κ3) is 4.27. The summed E-state index contributed by atoms with van der Waals surface area (Å²) < 4.78 is 33.2. The van der Waals surface area contributed by atoms with E-state index < -0.39 is 10.0 Å². The molecule has 9 heteroatoms. The number of methoxy groups -OCH3 is 1. The lowest BCUT2D eigenvalue weighted by molar-refractivity contribution is 0.0401. The molecule has 3 rings (SSSR count). The third-order valence-electron chi connectivity index (χ3n) is 4.53. The summed E-state index contributed by atoms with van der Waals surface area (Å²) in [7, 11) is -1.95. The molecule has 1 saturated heterocycles. The van der Waals surface area contributed by atoms with Gasteiger partial charge in [0.15, 0.2) is 0 Å². The van der Waals surface area contributed by atoms with Crippen LogP contribution in [0.5, 0.6) is 0 Å². The molecule has 1 aliphatic heterocycles. The van der Waals surface area contributed by atoms with Gasteiger partial charge in [-0.05, 0) is 31.9 Å². The highest BCUT2D eigenvalue weighted by atomic mass is 35.5. The molecule has 26 heavy (non-hydrogen) atoms. The highest BCUT2D eigenvalue weighted by molar-refractivity contribution is 7.89. The lowest BCUT2D eigenvalue weighted by Gasteiger charge is -2.37. The number of nitrogens with two attached hydrogens (primary N) is 1. The van der Waals surface area contributed by atoms with Crippen LogP contribution in [0, 0.1) is 6.92 Å². The van der Waals surface area contributed by atoms with Crippen molar-refractivity contribution in [1.29, 1.82) is 0 Å². The van der Waals surface area contributed by atoms with Gasteiger partial charge in [-0.3, -0.25) is 0 Å². The fraction of sp³-hybridized carbons (Fsp3) is 0.471. The molecule has 0 amide bonds. The SMILES string of the molecule is COC1CCN(S(=O)(=O)c2cccc(-c3nc(C)cs3)c2)C(CN)C1.Cl. The van der Waals surface area contributed by atoms with Gasteiger partial charge in [0.25, 0.3) is 0 Å². The van der Waals surface area contributed by atoms with E-state index in [0.29, 0.717) is 19.4 Å². The minimum atomic E-state index is -3.60. The molecule has 0 aliphatic carbocycles. The monoisotopic (exact) mass is 417 g/mol. The summed E-state index contributed by atoms with van der Waals surface area (Å²) in [5, 5.41) is 2.78. The predicted molar refractivity (Wildman–Crippen MR) is 106 cm³/mol. The molecule has 6 nitrogen and oxygen atoms in total. The average molecular weight is 418 g/mol. The number of rotatable bonds is 5. The van der Waals surface area contributed by atoms with Crippen molar-refractivity contribution >= 4 is 33.8 Å². The van der Waals surface area contributed by atoms with Crippen LogP contribution in [0.1, 0.15) is 18.5 Å². The van der Waals surface area contributed by atoms with Crippen LogP contribution in [0.15, 0.2) is 34.5 Å². The second kappa shape index (κ2) is 8.77. The van der Waals surface area contributed by atoms with Crippen molar-refractivity contribution in [2.75, 3.05) is 20.2 Å². The van der Waals surface area contributed by atoms with Crippen molar-refractivity contribution in [2.45, 2.75) is 36.8 Å². The van der Waals surface area contributed by atoms with Crippen LogP contribution in [0.25, 0.3) is 10.6 Å². The first-order valence-corrected chi connectivity index (χ1v) is 10.5. The van der Waals surface area contributed by atoms with E-state index in [4.69, 9.17) is 10.5 Å². The fourth-order valence-corrected chi connectivity index (χ4v) is 5.65. The van der Waals surface area contributed by atoms with Gasteiger partial charge in [0, 0.05) is 42.9 Å². The molecule has 0 bridgehead atoms. The molecule has 2 aromatic rings. The van der Waals surface area contributed by atoms with E-state index in [-0.39, 0.29) is 36.0 Å². The van der Waals surface area contributed by atoms with Gasteiger partial charge in [0.2, 0.25) is 10.0 Å². The molecular weight excluding hydrogens is 394 g/mol. The molecule has 0 radical (unpaired) electrons. The molecular formula is C17H24ClN3O3S2. The highest BCUT2D eigenvalue weighted by Gasteiger charge is 2.36. The first-order valence-electron chi connectivity index (χ1n) is 8.23. The van der Waals surface area contributed by atoms with Gasteiger partial charge < -0.3 is 10.5 Å². The average Bonchev–Trinajstić information content (AvgIpc) is 3.07. The summed E-state index contributed by atoms with van der Waals surface area (Å²) in [5.74, 6) is 0. The van der Waals surface area contributed by atoms with E-state index in [1.807, 2.05) is 18.4 Å². The molecule has 2 heterocycles. The van der Waals surface area contributed by atoms with Gasteiger partial charge in [-0.1, -0.05) is 12.1 Å². The van der Waals surface area contributed by atoms with Crippen LogP contribution in [0.4, 0.5) is 0 Å². The van der Waals surface area contributed by atoms with Crippen LogP contribution < -0.4 is 5.73 Å². The molecule has 0 saturated carbocycles. The van der Waals surface area contributed by atoms with Gasteiger partial charge in [0.1, 0.15) is 5.01 Å². The van der Waals surface area contributed by atoms with Crippen molar-refractivity contribution < 1.29 is 13.2 Å². The zero-order chi connectivity index (χ0) is 18.0. The van der Waals surface area contributed by atoms with Gasteiger partial charge in [-0.15, -0.1) is 23.7 Å². The maximum atomic E-state index is 13.2. The predicted octanol–water partition coefficient (Wildman–Crippen LogP) is 2.67. The Hall–Kier alpha value is -1.03. The zero-order valence-corrected chi connectivity index (χ0v) is 17.2. The Morgan fingerprint density at radius 3 is 2.81 bits per heavy atom. The summed E-state index contributed by atoms with van der Waals surface area (Å²) in [6.07, 6.45) is 1.36. The number of thiazole rings is 1. The van der Waals surface area contributed by atoms with E-state index in [1.54, 1.807) is 25.3 Å². The minimum absolute atomic E-state index is 0. The van der Waals surface area contributed by atoms with Crippen molar-refractivity contribution in [2.24, 2.45) is 5.73 Å². The van der Waals surface area contributed by atoms with Crippen LogP contribution >= 0.6 is 23.7 Å². The molecule has 2 N–H and O–H groups in total. The number of hydrogen-bond acceptors (Lipinski definition) is 6. The molecule has 0 spiro atoms. The molecule has 2 atom stereocenters. The second-order valence-corrected chi connectivity index (χ2v) is 8.96. The zero-order valence-electron chi connectivity index (χ0n) is 14.8. The third-order valence-corrected chi connectivity index (χ3v) is 7.48. The van der Waals surface area contributed by atoms with E-state index in [9.17, 15) is 8.42 Å². The normalized spacial score (nSPS) is 21.3. The molecule has 1 aromatic carbocycles. The fourth-order valence-electron chi connectivity index (χ4n) is 3.15. The summed E-state index contributed by atoms with van der Waals surface area (Å²) in [6, 6.07) is 6.74. The van der Waals surface area contributed by atoms with Crippen molar-refractivity contribution in [1.82, 2.24) is 9.29 Å². The lowest BCUT2D eigenvalue weighted by Crippen LogP contribution is -2.51. The Kier molecular flexibility index (Phi) is 7.18. The van der Waals surface area contributed by atoms with Crippen LogP contribution in [-0.4, -0.2) is 50.1 Å². The summed E-state index contributed by atoms with van der Waals surface area (Å²) in [4.78, 5) is 4.73. The standard InChI is InChI=1S/C17H23N3O3S2.ClH/c1-12-11-24-17(19-12)13-4-3-5-16(8-13)25(21,22)20-7-6-15(23-2)9-14(20)10-18;/h3-5,8,11,14-15H,6-7,9-10,18H2,1-2H3;1H. The van der Waals surface area contributed by atoms with Gasteiger partial charge in [0.05, 0.1) is 11.0 Å². The van der Waals surface area contributed by atoms with Crippen molar-refractivity contribution in [3.63, 3.8) is 0 Å². The number of aryl methyl sites for hydroxylation is 1. The molecule has 2 unspecified atom stereocenters. The Morgan fingerprint density at radius 2 is 2.19 bits per heavy atom. The van der Waals surface area contributed by atoms with Crippen molar-refractivity contribution in [3.05, 3.63) is 35.3 Å². The molecule has 1 aromatic heterocycles. The van der Waals surface area contributed by atoms with Crippen LogP contribution in [-0.2, 0) is 14.8 Å². The van der Waals surface area contributed by atoms with E-state index in [1.165, 1.54) is 15.6 Å². The topological polar surface area (TPSA) is 85.5 Å². The molecule has 144 valence electrons. The van der Waals surface area contributed by atoms with E-state index in [2.05, 4.69) is 4.98 Å². The summed E-state index contributed by atoms with van der Waals surface area (Å²) >= 11 is 1.51. The second-order valence-electron chi connectivity index (χ2n) is 6.21.